The fraction of sp³-hybridized carbons (Fsp3) is 0.682. The molecule has 3 rings (SSSR count). The SMILES string of the molecule is CN=C(NCC1(CCO)CCOC1)NCC1(c2cccc(OC)c2)CCCC1.I. The predicted octanol–water partition coefficient (Wildman–Crippen LogP) is 3.08. The molecule has 0 amide bonds. The maximum absolute atomic E-state index is 9.42. The van der Waals surface area contributed by atoms with Crippen LogP contribution in [-0.2, 0) is 10.2 Å². The van der Waals surface area contributed by atoms with E-state index in [-0.39, 0.29) is 41.4 Å². The van der Waals surface area contributed by atoms with Gasteiger partial charge in [-0.2, -0.15) is 0 Å². The molecule has 1 aromatic carbocycles. The number of rotatable bonds is 8. The molecule has 0 spiro atoms. The van der Waals surface area contributed by atoms with Crippen LogP contribution in [0.3, 0.4) is 0 Å². The van der Waals surface area contributed by atoms with Gasteiger partial charge in [0.1, 0.15) is 5.75 Å². The molecule has 0 aromatic heterocycles. The molecular weight excluding hydrogens is 481 g/mol. The molecule has 1 saturated carbocycles. The zero-order chi connectivity index (χ0) is 19.9. The van der Waals surface area contributed by atoms with Crippen molar-refractivity contribution in [2.75, 3.05) is 47.1 Å². The van der Waals surface area contributed by atoms with Crippen LogP contribution in [0, 0.1) is 5.41 Å². The van der Waals surface area contributed by atoms with E-state index in [2.05, 4.69) is 33.8 Å². The van der Waals surface area contributed by atoms with Crippen LogP contribution in [-0.4, -0.2) is 58.1 Å². The summed E-state index contributed by atoms with van der Waals surface area (Å²) in [5.41, 5.74) is 1.46. The van der Waals surface area contributed by atoms with E-state index < -0.39 is 0 Å². The third kappa shape index (κ3) is 5.98. The van der Waals surface area contributed by atoms with Crippen molar-refractivity contribution in [3.05, 3.63) is 29.8 Å². The highest BCUT2D eigenvalue weighted by atomic mass is 127. The van der Waals surface area contributed by atoms with E-state index in [0.29, 0.717) is 6.61 Å². The van der Waals surface area contributed by atoms with Crippen molar-refractivity contribution >= 4 is 29.9 Å². The molecule has 0 bridgehead atoms. The van der Waals surface area contributed by atoms with E-state index >= 15 is 0 Å². The average molecular weight is 517 g/mol. The van der Waals surface area contributed by atoms with Gasteiger partial charge < -0.3 is 25.2 Å². The van der Waals surface area contributed by atoms with Crippen LogP contribution in [0.4, 0.5) is 0 Å². The van der Waals surface area contributed by atoms with Gasteiger partial charge in [0.15, 0.2) is 5.96 Å². The van der Waals surface area contributed by atoms with Crippen LogP contribution in [0.25, 0.3) is 0 Å². The summed E-state index contributed by atoms with van der Waals surface area (Å²) >= 11 is 0. The van der Waals surface area contributed by atoms with Crippen LogP contribution >= 0.6 is 24.0 Å². The summed E-state index contributed by atoms with van der Waals surface area (Å²) in [5, 5.41) is 16.5. The van der Waals surface area contributed by atoms with E-state index in [1.807, 2.05) is 13.1 Å². The molecule has 3 N–H and O–H groups in total. The molecule has 29 heavy (non-hydrogen) atoms. The van der Waals surface area contributed by atoms with Crippen LogP contribution in [0.5, 0.6) is 5.75 Å². The molecule has 1 aliphatic carbocycles. The molecule has 1 heterocycles. The lowest BCUT2D eigenvalue weighted by atomic mass is 9.78. The van der Waals surface area contributed by atoms with Gasteiger partial charge in [0.2, 0.25) is 0 Å². The van der Waals surface area contributed by atoms with Crippen LogP contribution in [0.2, 0.25) is 0 Å². The molecule has 1 aromatic rings. The zero-order valence-electron chi connectivity index (χ0n) is 17.7. The number of benzene rings is 1. The number of aliphatic hydroxyl groups is 1. The topological polar surface area (TPSA) is 75.1 Å². The number of guanidine groups is 1. The van der Waals surface area contributed by atoms with E-state index in [1.165, 1.54) is 31.2 Å². The van der Waals surface area contributed by atoms with Gasteiger partial charge in [-0.25, -0.2) is 0 Å². The highest BCUT2D eigenvalue weighted by Gasteiger charge is 2.37. The van der Waals surface area contributed by atoms with Gasteiger partial charge in [0, 0.05) is 44.2 Å². The highest BCUT2D eigenvalue weighted by Crippen LogP contribution is 2.41. The normalized spacial score (nSPS) is 23.5. The Kier molecular flexibility index (Phi) is 9.49. The summed E-state index contributed by atoms with van der Waals surface area (Å²) in [4.78, 5) is 4.43. The van der Waals surface area contributed by atoms with Crippen molar-refractivity contribution < 1.29 is 14.6 Å². The summed E-state index contributed by atoms with van der Waals surface area (Å²) in [6.45, 7) is 3.27. The maximum Gasteiger partial charge on any atom is 0.191 e. The predicted molar refractivity (Wildman–Crippen MR) is 127 cm³/mol. The van der Waals surface area contributed by atoms with Crippen molar-refractivity contribution in [3.8, 4) is 5.75 Å². The third-order valence-electron chi connectivity index (χ3n) is 6.52. The number of aliphatic imine (C=N–C) groups is 1. The molecule has 1 saturated heterocycles. The second kappa shape index (κ2) is 11.4. The second-order valence-corrected chi connectivity index (χ2v) is 8.27. The number of hydrogen-bond acceptors (Lipinski definition) is 4. The molecule has 2 aliphatic rings. The third-order valence-corrected chi connectivity index (χ3v) is 6.52. The first-order valence-corrected chi connectivity index (χ1v) is 10.4. The minimum atomic E-state index is 0. The summed E-state index contributed by atoms with van der Waals surface area (Å²) in [6.07, 6.45) is 6.58. The first kappa shape index (κ1) is 24.2. The van der Waals surface area contributed by atoms with Crippen molar-refractivity contribution in [2.24, 2.45) is 10.4 Å². The zero-order valence-corrected chi connectivity index (χ0v) is 20.0. The number of methoxy groups -OCH3 is 1. The molecule has 1 aliphatic heterocycles. The lowest BCUT2D eigenvalue weighted by molar-refractivity contribution is 0.127. The van der Waals surface area contributed by atoms with Gasteiger partial charge in [0.25, 0.3) is 0 Å². The maximum atomic E-state index is 9.42. The Bertz CT molecular complexity index is 656. The molecule has 0 radical (unpaired) electrons. The molecule has 1 unspecified atom stereocenters. The lowest BCUT2D eigenvalue weighted by Gasteiger charge is -2.32. The molecule has 6 nitrogen and oxygen atoms in total. The van der Waals surface area contributed by atoms with Gasteiger partial charge in [-0.1, -0.05) is 25.0 Å². The summed E-state index contributed by atoms with van der Waals surface area (Å²) in [7, 11) is 3.53. The minimum Gasteiger partial charge on any atom is -0.497 e. The standard InChI is InChI=1S/C22H35N3O3.HI/c1-23-20(24-15-21(10-12-26)11-13-28-17-21)25-16-22(8-3-4-9-22)18-6-5-7-19(14-18)27-2;/h5-7,14,26H,3-4,8-13,15-17H2,1-2H3,(H2,23,24,25);1H. The summed E-state index contributed by atoms with van der Waals surface area (Å²) in [6, 6.07) is 8.48. The van der Waals surface area contributed by atoms with Crippen molar-refractivity contribution in [1.82, 2.24) is 10.6 Å². The Balaban J connectivity index is 0.00000300. The van der Waals surface area contributed by atoms with Crippen LogP contribution < -0.4 is 15.4 Å². The largest absolute Gasteiger partial charge is 0.497 e. The van der Waals surface area contributed by atoms with E-state index in [4.69, 9.17) is 9.47 Å². The van der Waals surface area contributed by atoms with E-state index in [9.17, 15) is 5.11 Å². The number of hydrogen-bond donors (Lipinski definition) is 3. The highest BCUT2D eigenvalue weighted by molar-refractivity contribution is 14.0. The van der Waals surface area contributed by atoms with Gasteiger partial charge in [-0.15, -0.1) is 24.0 Å². The Morgan fingerprint density at radius 1 is 1.21 bits per heavy atom. The molecule has 7 heteroatoms. The Morgan fingerprint density at radius 2 is 1.97 bits per heavy atom. The van der Waals surface area contributed by atoms with Crippen LogP contribution in [0.1, 0.15) is 44.1 Å². The van der Waals surface area contributed by atoms with Gasteiger partial charge in [-0.3, -0.25) is 4.99 Å². The van der Waals surface area contributed by atoms with Gasteiger partial charge in [0.05, 0.1) is 13.7 Å². The first-order valence-electron chi connectivity index (χ1n) is 10.4. The van der Waals surface area contributed by atoms with E-state index in [1.54, 1.807) is 7.11 Å². The van der Waals surface area contributed by atoms with Crippen molar-refractivity contribution in [1.29, 1.82) is 0 Å². The smallest absolute Gasteiger partial charge is 0.191 e. The van der Waals surface area contributed by atoms with Crippen LogP contribution in [0.15, 0.2) is 29.3 Å². The fourth-order valence-electron chi connectivity index (χ4n) is 4.63. The summed E-state index contributed by atoms with van der Waals surface area (Å²) < 4.78 is 11.0. The van der Waals surface area contributed by atoms with Crippen molar-refractivity contribution in [2.45, 2.75) is 43.9 Å². The number of aliphatic hydroxyl groups excluding tert-OH is 1. The number of nitrogens with one attached hydrogen (secondary N) is 2. The lowest BCUT2D eigenvalue weighted by Crippen LogP contribution is -2.48. The van der Waals surface area contributed by atoms with Gasteiger partial charge in [-0.05, 0) is 43.4 Å². The Labute approximate surface area is 191 Å². The fourth-order valence-corrected chi connectivity index (χ4v) is 4.63. The summed E-state index contributed by atoms with van der Waals surface area (Å²) in [5.74, 6) is 1.73. The quantitative estimate of drug-likeness (QED) is 0.281. The monoisotopic (exact) mass is 517 g/mol. The molecule has 164 valence electrons. The van der Waals surface area contributed by atoms with Crippen molar-refractivity contribution in [3.63, 3.8) is 0 Å². The second-order valence-electron chi connectivity index (χ2n) is 8.27. The Morgan fingerprint density at radius 3 is 2.59 bits per heavy atom. The average Bonchev–Trinajstić information content (AvgIpc) is 3.39. The number of ether oxygens (including phenoxy) is 2. The molecule has 2 fully saturated rings. The molecule has 1 atom stereocenters. The van der Waals surface area contributed by atoms with Gasteiger partial charge >= 0.3 is 0 Å². The minimum absolute atomic E-state index is 0. The number of halogens is 1. The molecular formula is C22H36IN3O3. The first-order chi connectivity index (χ1) is 13.7. The van der Waals surface area contributed by atoms with E-state index in [0.717, 1.165) is 44.2 Å². The Hall–Kier alpha value is -1.06. The number of nitrogens with zero attached hydrogens (tertiary/aromatic N) is 1.